The van der Waals surface area contributed by atoms with E-state index in [1.54, 1.807) is 7.11 Å². The highest BCUT2D eigenvalue weighted by Crippen LogP contribution is 1.91. The summed E-state index contributed by atoms with van der Waals surface area (Å²) < 4.78 is 5.05. The molecule has 0 radical (unpaired) electrons. The first-order chi connectivity index (χ1) is 7.56. The molecule has 0 aliphatic rings. The van der Waals surface area contributed by atoms with Crippen molar-refractivity contribution in [2.24, 2.45) is 0 Å². The van der Waals surface area contributed by atoms with E-state index in [4.69, 9.17) is 4.74 Å². The lowest BCUT2D eigenvalue weighted by molar-refractivity contribution is 0.154. The Bertz CT molecular complexity index is 153. The molecule has 0 unspecified atom stereocenters. The first-order valence-electron chi connectivity index (χ1n) is 6.07. The molecule has 0 saturated heterocycles. The Morgan fingerprint density at radius 2 is 1.31 bits per heavy atom. The molecule has 0 aliphatic heterocycles. The lowest BCUT2D eigenvalue weighted by atomic mass is 10.3. The van der Waals surface area contributed by atoms with Crippen molar-refractivity contribution < 1.29 is 4.74 Å². The quantitative estimate of drug-likeness (QED) is 0.543. The third kappa shape index (κ3) is 10.4. The molecule has 0 amide bonds. The fraction of sp³-hybridized carbons (Fsp3) is 1.00. The summed E-state index contributed by atoms with van der Waals surface area (Å²) in [4.78, 5) is 6.94. The first-order valence-corrected chi connectivity index (χ1v) is 6.07. The number of hydrogen-bond donors (Lipinski definition) is 0. The van der Waals surface area contributed by atoms with Crippen LogP contribution in [-0.2, 0) is 4.74 Å². The molecular formula is C12H29N3O. The Balaban J connectivity index is 3.38. The van der Waals surface area contributed by atoms with E-state index in [1.807, 2.05) is 0 Å². The highest BCUT2D eigenvalue weighted by Gasteiger charge is 2.02. The molecule has 0 aromatic heterocycles. The van der Waals surface area contributed by atoms with Crippen LogP contribution in [0.3, 0.4) is 0 Å². The van der Waals surface area contributed by atoms with Gasteiger partial charge in [-0.2, -0.15) is 0 Å². The largest absolute Gasteiger partial charge is 0.383 e. The Morgan fingerprint density at radius 1 is 0.750 bits per heavy atom. The molecule has 98 valence electrons. The average molecular weight is 231 g/mol. The molecule has 0 aliphatic carbocycles. The number of ether oxygens (including phenoxy) is 1. The molecule has 0 fully saturated rings. The predicted molar refractivity (Wildman–Crippen MR) is 70.0 cm³/mol. The Hall–Kier alpha value is -0.160. The maximum absolute atomic E-state index is 5.05. The van der Waals surface area contributed by atoms with Crippen molar-refractivity contribution in [1.82, 2.24) is 14.7 Å². The summed E-state index contributed by atoms with van der Waals surface area (Å²) in [6.45, 7) is 6.43. The van der Waals surface area contributed by atoms with Crippen molar-refractivity contribution in [3.63, 3.8) is 0 Å². The van der Waals surface area contributed by atoms with Crippen LogP contribution in [0.15, 0.2) is 0 Å². The maximum Gasteiger partial charge on any atom is 0.0589 e. The molecule has 4 heteroatoms. The van der Waals surface area contributed by atoms with Crippen molar-refractivity contribution in [2.45, 2.75) is 6.42 Å². The molecule has 0 bridgehead atoms. The van der Waals surface area contributed by atoms with Crippen molar-refractivity contribution in [3.8, 4) is 0 Å². The third-order valence-electron chi connectivity index (χ3n) is 2.69. The van der Waals surface area contributed by atoms with Gasteiger partial charge in [0.05, 0.1) is 6.61 Å². The second kappa shape index (κ2) is 10.0. The lowest BCUT2D eigenvalue weighted by Gasteiger charge is -2.22. The van der Waals surface area contributed by atoms with Gasteiger partial charge in [-0.05, 0) is 47.7 Å². The van der Waals surface area contributed by atoms with Crippen LogP contribution in [0.1, 0.15) is 6.42 Å². The van der Waals surface area contributed by atoms with Gasteiger partial charge in [0.1, 0.15) is 0 Å². The van der Waals surface area contributed by atoms with Crippen molar-refractivity contribution in [2.75, 3.05) is 74.6 Å². The Labute approximate surface area is 101 Å². The Kier molecular flexibility index (Phi) is 9.92. The fourth-order valence-corrected chi connectivity index (χ4v) is 1.47. The van der Waals surface area contributed by atoms with Crippen LogP contribution >= 0.6 is 0 Å². The normalized spacial score (nSPS) is 12.0. The summed E-state index contributed by atoms with van der Waals surface area (Å²) >= 11 is 0. The van der Waals surface area contributed by atoms with Crippen LogP contribution in [0.4, 0.5) is 0 Å². The third-order valence-corrected chi connectivity index (χ3v) is 2.69. The molecule has 0 N–H and O–H groups in total. The van der Waals surface area contributed by atoms with Gasteiger partial charge in [0.25, 0.3) is 0 Å². The zero-order valence-electron chi connectivity index (χ0n) is 11.7. The molecule has 0 rings (SSSR count). The highest BCUT2D eigenvalue weighted by atomic mass is 16.5. The molecule has 0 aromatic carbocycles. The summed E-state index contributed by atoms with van der Waals surface area (Å²) in [5, 5.41) is 0. The van der Waals surface area contributed by atoms with Crippen LogP contribution in [-0.4, -0.2) is 89.3 Å². The van der Waals surface area contributed by atoms with Gasteiger partial charge in [-0.25, -0.2) is 0 Å². The first kappa shape index (κ1) is 15.8. The van der Waals surface area contributed by atoms with Gasteiger partial charge in [-0.15, -0.1) is 0 Å². The van der Waals surface area contributed by atoms with E-state index in [0.717, 1.165) is 26.2 Å². The van der Waals surface area contributed by atoms with E-state index >= 15 is 0 Å². The van der Waals surface area contributed by atoms with Gasteiger partial charge in [0, 0.05) is 26.7 Å². The van der Waals surface area contributed by atoms with Crippen molar-refractivity contribution >= 4 is 0 Å². The number of nitrogens with zero attached hydrogens (tertiary/aromatic N) is 3. The molecule has 0 aromatic rings. The number of hydrogen-bond acceptors (Lipinski definition) is 4. The van der Waals surface area contributed by atoms with Crippen LogP contribution in [0.2, 0.25) is 0 Å². The van der Waals surface area contributed by atoms with E-state index in [2.05, 4.69) is 42.9 Å². The van der Waals surface area contributed by atoms with Gasteiger partial charge < -0.3 is 19.4 Å². The molecule has 0 atom stereocenters. The predicted octanol–water partition coefficient (Wildman–Crippen LogP) is 0.448. The van der Waals surface area contributed by atoms with E-state index in [1.165, 1.54) is 19.5 Å². The average Bonchev–Trinajstić information content (AvgIpc) is 2.23. The summed E-state index contributed by atoms with van der Waals surface area (Å²) in [7, 11) is 10.3. The minimum absolute atomic E-state index is 0.820. The number of rotatable bonds is 10. The zero-order chi connectivity index (χ0) is 12.4. The van der Waals surface area contributed by atoms with E-state index in [9.17, 15) is 0 Å². The summed E-state index contributed by atoms with van der Waals surface area (Å²) in [6.07, 6.45) is 1.24. The van der Waals surface area contributed by atoms with Gasteiger partial charge in [0.2, 0.25) is 0 Å². The standard InChI is InChI=1S/C12H29N3O/c1-13(2)7-6-8-14(3)9-10-15(4)11-12-16-5/h6-12H2,1-5H3. The van der Waals surface area contributed by atoms with Gasteiger partial charge in [-0.3, -0.25) is 0 Å². The number of methoxy groups -OCH3 is 1. The highest BCUT2D eigenvalue weighted by molar-refractivity contribution is 4.58. The van der Waals surface area contributed by atoms with Crippen LogP contribution in [0.5, 0.6) is 0 Å². The molecular weight excluding hydrogens is 202 g/mol. The minimum atomic E-state index is 0.820. The maximum atomic E-state index is 5.05. The smallest absolute Gasteiger partial charge is 0.0589 e. The molecule has 0 heterocycles. The minimum Gasteiger partial charge on any atom is -0.383 e. The second-order valence-electron chi connectivity index (χ2n) is 4.76. The number of likely N-dealkylation sites (N-methyl/N-ethyl adjacent to an activating group) is 2. The van der Waals surface area contributed by atoms with Crippen LogP contribution < -0.4 is 0 Å². The Morgan fingerprint density at radius 3 is 1.81 bits per heavy atom. The molecule has 4 nitrogen and oxygen atoms in total. The van der Waals surface area contributed by atoms with Gasteiger partial charge in [0.15, 0.2) is 0 Å². The lowest BCUT2D eigenvalue weighted by Crippen LogP contribution is -2.33. The van der Waals surface area contributed by atoms with E-state index < -0.39 is 0 Å². The van der Waals surface area contributed by atoms with E-state index in [-0.39, 0.29) is 0 Å². The SMILES string of the molecule is COCCN(C)CCN(C)CCCN(C)C. The van der Waals surface area contributed by atoms with Crippen molar-refractivity contribution in [3.05, 3.63) is 0 Å². The molecule has 0 saturated carbocycles. The fourth-order valence-electron chi connectivity index (χ4n) is 1.47. The van der Waals surface area contributed by atoms with Crippen LogP contribution in [0, 0.1) is 0 Å². The summed E-state index contributed by atoms with van der Waals surface area (Å²) in [5.41, 5.74) is 0. The summed E-state index contributed by atoms with van der Waals surface area (Å²) in [5.74, 6) is 0. The zero-order valence-corrected chi connectivity index (χ0v) is 11.7. The topological polar surface area (TPSA) is 19.0 Å². The molecule has 0 spiro atoms. The van der Waals surface area contributed by atoms with Gasteiger partial charge >= 0.3 is 0 Å². The van der Waals surface area contributed by atoms with E-state index in [0.29, 0.717) is 0 Å². The van der Waals surface area contributed by atoms with Gasteiger partial charge in [-0.1, -0.05) is 0 Å². The second-order valence-corrected chi connectivity index (χ2v) is 4.76. The van der Waals surface area contributed by atoms with Crippen molar-refractivity contribution in [1.29, 1.82) is 0 Å². The summed E-state index contributed by atoms with van der Waals surface area (Å²) in [6, 6.07) is 0. The van der Waals surface area contributed by atoms with Crippen LogP contribution in [0.25, 0.3) is 0 Å². The monoisotopic (exact) mass is 231 g/mol. The molecule has 16 heavy (non-hydrogen) atoms.